The molecule has 2 saturated carbocycles. The third-order valence-corrected chi connectivity index (χ3v) is 12.0. The zero-order valence-corrected chi connectivity index (χ0v) is 35.1. The Bertz CT molecular complexity index is 2880. The quantitative estimate of drug-likeness (QED) is 0.0493. The van der Waals surface area contributed by atoms with Crippen LogP contribution in [0.1, 0.15) is 91.4 Å². The summed E-state index contributed by atoms with van der Waals surface area (Å²) >= 11 is 0. The predicted molar refractivity (Wildman–Crippen MR) is 242 cm³/mol. The zero-order chi connectivity index (χ0) is 43.4. The van der Waals surface area contributed by atoms with Gasteiger partial charge >= 0.3 is 5.97 Å². The second-order valence-electron chi connectivity index (χ2n) is 16.2. The second-order valence-corrected chi connectivity index (χ2v) is 16.2. The Morgan fingerprint density at radius 1 is 0.719 bits per heavy atom. The first kappa shape index (κ1) is 40.5. The summed E-state index contributed by atoms with van der Waals surface area (Å²) in [4.78, 5) is 50.7. The summed E-state index contributed by atoms with van der Waals surface area (Å²) in [6.07, 6.45) is 20.3. The number of aliphatic hydroxyl groups excluding tert-OH is 1. The van der Waals surface area contributed by atoms with Gasteiger partial charge in [-0.15, -0.1) is 0 Å². The highest BCUT2D eigenvalue weighted by molar-refractivity contribution is 5.92. The summed E-state index contributed by atoms with van der Waals surface area (Å²) in [5.41, 5.74) is 6.51. The molecule has 0 atom stereocenters. The first-order valence-electron chi connectivity index (χ1n) is 21.8. The van der Waals surface area contributed by atoms with E-state index in [0.29, 0.717) is 89.1 Å². The normalized spacial score (nSPS) is 14.5. The summed E-state index contributed by atoms with van der Waals surface area (Å²) in [5.74, 6) is 1.54. The van der Waals surface area contributed by atoms with Crippen molar-refractivity contribution < 1.29 is 15.0 Å². The van der Waals surface area contributed by atoms with E-state index in [-0.39, 0.29) is 24.2 Å². The van der Waals surface area contributed by atoms with Crippen LogP contribution in [0.5, 0.6) is 0 Å². The molecule has 1 aromatic carbocycles. The molecule has 64 heavy (non-hydrogen) atoms. The van der Waals surface area contributed by atoms with Crippen LogP contribution in [0.25, 0.3) is 39.4 Å². The molecule has 7 aromatic heterocycles. The van der Waals surface area contributed by atoms with Gasteiger partial charge in [0, 0.05) is 68.7 Å². The highest BCUT2D eigenvalue weighted by Gasteiger charge is 2.24. The standard InChI is InChI=1S/C45H48N16O3/c62-20-6-17-46-44-55-39(37-41(57-44)59(26-51-37)31-7-1-2-8-31)49-24-28-11-15-34(47-22-28)33-14-13-30(43(63)64)21-35(33)54-45-56-40(38-42(58-45)60(27-52-38)32-9-3-4-10-32)50-25-29-12-16-36(48-23-29)61-19-5-18-53-61/h5,11-16,18-19,21-23,26-27,31-32,62H,1-4,6-10,17,20,24-25H2,(H,63,64)(H2,46,49,55,57)(H2,50,54,56,58). The van der Waals surface area contributed by atoms with E-state index in [1.165, 1.54) is 12.8 Å². The van der Waals surface area contributed by atoms with Crippen molar-refractivity contribution in [3.05, 3.63) is 103 Å². The van der Waals surface area contributed by atoms with Gasteiger partial charge in [0.25, 0.3) is 0 Å². The number of nitrogens with one attached hydrogen (secondary N) is 4. The summed E-state index contributed by atoms with van der Waals surface area (Å²) in [5, 5.41) is 37.2. The second kappa shape index (κ2) is 18.1. The van der Waals surface area contributed by atoms with Crippen LogP contribution < -0.4 is 21.3 Å². The molecule has 0 unspecified atom stereocenters. The molecule has 19 nitrogen and oxygen atoms in total. The average molecular weight is 861 g/mol. The molecule has 0 amide bonds. The van der Waals surface area contributed by atoms with Crippen LogP contribution in [-0.4, -0.2) is 88.1 Å². The van der Waals surface area contributed by atoms with Gasteiger partial charge in [0.05, 0.1) is 29.6 Å². The van der Waals surface area contributed by atoms with Crippen LogP contribution in [0.4, 0.5) is 29.2 Å². The fraction of sp³-hybridized carbons (Fsp3) is 0.333. The van der Waals surface area contributed by atoms with Crippen LogP contribution in [0.15, 0.2) is 86.0 Å². The van der Waals surface area contributed by atoms with Crippen LogP contribution in [-0.2, 0) is 13.1 Å². The molecule has 8 aromatic rings. The molecule has 0 spiro atoms. The lowest BCUT2D eigenvalue weighted by Crippen LogP contribution is -2.11. The number of aliphatic hydroxyl groups is 1. The number of hydrogen-bond donors (Lipinski definition) is 6. The minimum atomic E-state index is -1.06. The molecule has 7 heterocycles. The van der Waals surface area contributed by atoms with Crippen molar-refractivity contribution >= 4 is 57.5 Å². The lowest BCUT2D eigenvalue weighted by atomic mass is 10.0. The number of imidazole rings is 2. The maximum absolute atomic E-state index is 12.3. The van der Waals surface area contributed by atoms with Crippen molar-refractivity contribution in [2.75, 3.05) is 34.4 Å². The van der Waals surface area contributed by atoms with Gasteiger partial charge in [-0.05, 0) is 79.6 Å². The van der Waals surface area contributed by atoms with E-state index >= 15 is 0 Å². The van der Waals surface area contributed by atoms with Crippen molar-refractivity contribution in [3.8, 4) is 17.1 Å². The van der Waals surface area contributed by atoms with Crippen LogP contribution in [0.2, 0.25) is 0 Å². The van der Waals surface area contributed by atoms with Gasteiger partial charge in [-0.1, -0.05) is 37.8 Å². The van der Waals surface area contributed by atoms with Crippen LogP contribution in [0, 0.1) is 0 Å². The topological polar surface area (TPSA) is 236 Å². The number of carboxylic acid groups (broad SMARTS) is 1. The molecule has 19 heteroatoms. The Balaban J connectivity index is 0.919. The number of pyridine rings is 2. The van der Waals surface area contributed by atoms with E-state index in [1.54, 1.807) is 41.5 Å². The number of benzene rings is 1. The summed E-state index contributed by atoms with van der Waals surface area (Å²) in [6, 6.07) is 15.1. The van der Waals surface area contributed by atoms with Crippen molar-refractivity contribution in [2.24, 2.45) is 0 Å². The average Bonchev–Trinajstić information content (AvgIpc) is 4.18. The van der Waals surface area contributed by atoms with Gasteiger partial charge in [0.15, 0.2) is 39.8 Å². The Kier molecular flexibility index (Phi) is 11.4. The van der Waals surface area contributed by atoms with Gasteiger partial charge in [-0.25, -0.2) is 24.4 Å². The number of nitrogens with zero attached hydrogens (tertiary/aromatic N) is 12. The zero-order valence-electron chi connectivity index (χ0n) is 35.1. The van der Waals surface area contributed by atoms with Gasteiger partial charge in [-0.2, -0.15) is 25.0 Å². The Morgan fingerprint density at radius 2 is 1.36 bits per heavy atom. The maximum atomic E-state index is 12.3. The molecule has 10 rings (SSSR count). The molecular formula is C45H48N16O3. The predicted octanol–water partition coefficient (Wildman–Crippen LogP) is 7.30. The number of aromatic carboxylic acids is 1. The molecule has 0 aliphatic heterocycles. The minimum Gasteiger partial charge on any atom is -0.478 e. The van der Waals surface area contributed by atoms with Gasteiger partial charge in [-0.3, -0.25) is 4.98 Å². The number of fused-ring (bicyclic) bond motifs is 2. The molecule has 6 N–H and O–H groups in total. The number of anilines is 5. The third-order valence-electron chi connectivity index (χ3n) is 12.0. The molecule has 2 aliphatic carbocycles. The van der Waals surface area contributed by atoms with Crippen molar-refractivity contribution in [1.29, 1.82) is 0 Å². The number of carbonyl (C=O) groups is 1. The number of aromatic nitrogens is 12. The van der Waals surface area contributed by atoms with E-state index in [1.807, 2.05) is 49.2 Å². The molecule has 0 radical (unpaired) electrons. The Hall–Kier alpha value is -7.54. The molecule has 2 fully saturated rings. The minimum absolute atomic E-state index is 0.0720. The van der Waals surface area contributed by atoms with E-state index in [4.69, 9.17) is 34.9 Å². The first-order chi connectivity index (χ1) is 31.5. The van der Waals surface area contributed by atoms with Crippen molar-refractivity contribution in [3.63, 3.8) is 0 Å². The molecule has 326 valence electrons. The Morgan fingerprint density at radius 3 is 1.94 bits per heavy atom. The molecule has 0 bridgehead atoms. The van der Waals surface area contributed by atoms with Crippen molar-refractivity contribution in [2.45, 2.75) is 83.0 Å². The highest BCUT2D eigenvalue weighted by Crippen LogP contribution is 2.36. The Labute approximate surface area is 367 Å². The van der Waals surface area contributed by atoms with Gasteiger partial charge in [0.2, 0.25) is 11.9 Å². The van der Waals surface area contributed by atoms with Gasteiger partial charge in [0.1, 0.15) is 0 Å². The number of carboxylic acids is 1. The lowest BCUT2D eigenvalue weighted by molar-refractivity contribution is 0.0697. The van der Waals surface area contributed by atoms with E-state index in [2.05, 4.69) is 40.5 Å². The maximum Gasteiger partial charge on any atom is 0.335 e. The molecular weight excluding hydrogens is 813 g/mol. The lowest BCUT2D eigenvalue weighted by Gasteiger charge is -2.16. The fourth-order valence-corrected chi connectivity index (χ4v) is 8.64. The summed E-state index contributed by atoms with van der Waals surface area (Å²) < 4.78 is 6.00. The smallest absolute Gasteiger partial charge is 0.335 e. The molecule has 2 aliphatic rings. The monoisotopic (exact) mass is 860 g/mol. The van der Waals surface area contributed by atoms with E-state index < -0.39 is 5.97 Å². The fourth-order valence-electron chi connectivity index (χ4n) is 8.64. The number of rotatable bonds is 17. The number of hydrogen-bond acceptors (Lipinski definition) is 15. The van der Waals surface area contributed by atoms with E-state index in [9.17, 15) is 15.0 Å². The summed E-state index contributed by atoms with van der Waals surface area (Å²) in [6.45, 7) is 1.45. The largest absolute Gasteiger partial charge is 0.478 e. The first-order valence-corrected chi connectivity index (χ1v) is 21.8. The van der Waals surface area contributed by atoms with Crippen LogP contribution >= 0.6 is 0 Å². The highest BCUT2D eigenvalue weighted by atomic mass is 16.4. The van der Waals surface area contributed by atoms with Gasteiger partial charge < -0.3 is 40.6 Å². The SMILES string of the molecule is O=C(O)c1ccc(-c2ccc(CNc3nc(NCCCO)nc4c3ncn4C3CCCC3)cn2)c(Nc2nc(NCc3ccc(-n4cccn4)nc3)c3ncn(C4CCCC4)c3n2)c1. The van der Waals surface area contributed by atoms with Crippen molar-refractivity contribution in [1.82, 2.24) is 58.8 Å². The third kappa shape index (κ3) is 8.48. The summed E-state index contributed by atoms with van der Waals surface area (Å²) in [7, 11) is 0. The molecule has 0 saturated heterocycles. The van der Waals surface area contributed by atoms with E-state index in [0.717, 1.165) is 55.3 Å². The van der Waals surface area contributed by atoms with Crippen LogP contribution in [0.3, 0.4) is 0 Å².